The molecule has 20 heavy (non-hydrogen) atoms. The Hall–Kier alpha value is -1.35. The summed E-state index contributed by atoms with van der Waals surface area (Å²) in [5.41, 5.74) is 0.626. The first kappa shape index (κ1) is 16.7. The molecule has 1 aromatic carbocycles. The van der Waals surface area contributed by atoms with E-state index in [2.05, 4.69) is 18.7 Å². The standard InChI is InChI=1S/C17H27NO2/c1-3-5-12-18(13-6-4-2)14-15-20-17(19)16-10-8-7-9-11-16/h7-11H,3-6,12-15H2,1-2H3. The summed E-state index contributed by atoms with van der Waals surface area (Å²) in [6, 6.07) is 9.17. The topological polar surface area (TPSA) is 29.5 Å². The van der Waals surface area contributed by atoms with Crippen molar-refractivity contribution in [2.24, 2.45) is 0 Å². The number of ether oxygens (including phenoxy) is 1. The highest BCUT2D eigenvalue weighted by molar-refractivity contribution is 5.89. The van der Waals surface area contributed by atoms with Crippen molar-refractivity contribution >= 4 is 5.97 Å². The number of nitrogens with zero attached hydrogens (tertiary/aromatic N) is 1. The van der Waals surface area contributed by atoms with E-state index in [0.29, 0.717) is 12.2 Å². The van der Waals surface area contributed by atoms with Crippen LogP contribution >= 0.6 is 0 Å². The summed E-state index contributed by atoms with van der Waals surface area (Å²) in [4.78, 5) is 14.2. The van der Waals surface area contributed by atoms with Gasteiger partial charge in [0.25, 0.3) is 0 Å². The zero-order chi connectivity index (χ0) is 14.6. The van der Waals surface area contributed by atoms with Gasteiger partial charge in [0.05, 0.1) is 5.56 Å². The van der Waals surface area contributed by atoms with Crippen LogP contribution in [0.2, 0.25) is 0 Å². The minimum atomic E-state index is -0.225. The van der Waals surface area contributed by atoms with Gasteiger partial charge in [-0.25, -0.2) is 4.79 Å². The second kappa shape index (κ2) is 10.4. The van der Waals surface area contributed by atoms with Gasteiger partial charge in [0.15, 0.2) is 0 Å². The molecule has 0 unspecified atom stereocenters. The molecule has 0 bridgehead atoms. The van der Waals surface area contributed by atoms with Crippen LogP contribution in [0, 0.1) is 0 Å². The first-order valence-electron chi connectivity index (χ1n) is 7.72. The third kappa shape index (κ3) is 6.71. The number of hydrogen-bond acceptors (Lipinski definition) is 3. The maximum atomic E-state index is 11.8. The molecular formula is C17H27NO2. The number of unbranched alkanes of at least 4 members (excludes halogenated alkanes) is 2. The second-order valence-corrected chi connectivity index (χ2v) is 5.05. The van der Waals surface area contributed by atoms with Crippen LogP contribution in [0.4, 0.5) is 0 Å². The Morgan fingerprint density at radius 2 is 1.60 bits per heavy atom. The fourth-order valence-corrected chi connectivity index (χ4v) is 2.02. The predicted octanol–water partition coefficient (Wildman–Crippen LogP) is 3.75. The van der Waals surface area contributed by atoms with Crippen LogP contribution in [0.25, 0.3) is 0 Å². The Balaban J connectivity index is 2.30. The third-order valence-electron chi connectivity index (χ3n) is 3.31. The average molecular weight is 277 g/mol. The van der Waals surface area contributed by atoms with Crippen LogP contribution in [0.15, 0.2) is 30.3 Å². The summed E-state index contributed by atoms with van der Waals surface area (Å²) >= 11 is 0. The lowest BCUT2D eigenvalue weighted by Gasteiger charge is -2.21. The van der Waals surface area contributed by atoms with E-state index < -0.39 is 0 Å². The average Bonchev–Trinajstić information content (AvgIpc) is 2.50. The van der Waals surface area contributed by atoms with E-state index in [1.165, 1.54) is 25.7 Å². The predicted molar refractivity (Wildman–Crippen MR) is 83.0 cm³/mol. The van der Waals surface area contributed by atoms with Crippen LogP contribution < -0.4 is 0 Å². The van der Waals surface area contributed by atoms with Crippen molar-refractivity contribution in [3.63, 3.8) is 0 Å². The lowest BCUT2D eigenvalue weighted by molar-refractivity contribution is 0.0460. The highest BCUT2D eigenvalue weighted by Crippen LogP contribution is 2.03. The fourth-order valence-electron chi connectivity index (χ4n) is 2.02. The highest BCUT2D eigenvalue weighted by Gasteiger charge is 2.08. The first-order valence-corrected chi connectivity index (χ1v) is 7.72. The first-order chi connectivity index (χ1) is 9.77. The van der Waals surface area contributed by atoms with Gasteiger partial charge in [-0.2, -0.15) is 0 Å². The molecule has 0 aliphatic carbocycles. The molecule has 0 aromatic heterocycles. The Bertz CT molecular complexity index is 357. The molecule has 0 fully saturated rings. The monoisotopic (exact) mass is 277 g/mol. The fraction of sp³-hybridized carbons (Fsp3) is 0.588. The lowest BCUT2D eigenvalue weighted by atomic mass is 10.2. The Morgan fingerprint density at radius 1 is 1.00 bits per heavy atom. The number of carbonyl (C=O) groups is 1. The molecule has 3 nitrogen and oxygen atoms in total. The molecule has 0 atom stereocenters. The molecule has 0 amide bonds. The lowest BCUT2D eigenvalue weighted by Crippen LogP contribution is -2.30. The van der Waals surface area contributed by atoms with Crippen LogP contribution in [0.5, 0.6) is 0 Å². The van der Waals surface area contributed by atoms with Crippen molar-refractivity contribution in [2.75, 3.05) is 26.2 Å². The Kier molecular flexibility index (Phi) is 8.72. The quantitative estimate of drug-likeness (QED) is 0.610. The number of carbonyl (C=O) groups excluding carboxylic acids is 1. The van der Waals surface area contributed by atoms with Crippen molar-refractivity contribution < 1.29 is 9.53 Å². The van der Waals surface area contributed by atoms with Crippen LogP contribution in [-0.2, 0) is 4.74 Å². The van der Waals surface area contributed by atoms with Gasteiger partial charge in [-0.05, 0) is 38.1 Å². The minimum Gasteiger partial charge on any atom is -0.461 e. The molecule has 0 radical (unpaired) electrons. The molecule has 1 aromatic rings. The largest absolute Gasteiger partial charge is 0.461 e. The van der Waals surface area contributed by atoms with E-state index in [9.17, 15) is 4.79 Å². The maximum Gasteiger partial charge on any atom is 0.338 e. The van der Waals surface area contributed by atoms with Gasteiger partial charge in [0, 0.05) is 6.54 Å². The van der Waals surface area contributed by atoms with E-state index >= 15 is 0 Å². The zero-order valence-corrected chi connectivity index (χ0v) is 12.8. The van der Waals surface area contributed by atoms with Crippen LogP contribution in [0.1, 0.15) is 49.9 Å². The van der Waals surface area contributed by atoms with E-state index in [4.69, 9.17) is 4.74 Å². The summed E-state index contributed by atoms with van der Waals surface area (Å²) in [7, 11) is 0. The number of esters is 1. The number of rotatable bonds is 10. The summed E-state index contributed by atoms with van der Waals surface area (Å²) in [5, 5.41) is 0. The van der Waals surface area contributed by atoms with Crippen molar-refractivity contribution in [1.82, 2.24) is 4.90 Å². The molecule has 0 heterocycles. The minimum absolute atomic E-state index is 0.225. The van der Waals surface area contributed by atoms with Crippen LogP contribution in [0.3, 0.4) is 0 Å². The van der Waals surface area contributed by atoms with Gasteiger partial charge in [0.1, 0.15) is 6.61 Å². The van der Waals surface area contributed by atoms with Gasteiger partial charge < -0.3 is 4.74 Å². The molecule has 0 aliphatic rings. The molecule has 0 aliphatic heterocycles. The SMILES string of the molecule is CCCCN(CCCC)CCOC(=O)c1ccccc1. The Labute approximate surface area is 122 Å². The van der Waals surface area contributed by atoms with Gasteiger partial charge in [0.2, 0.25) is 0 Å². The van der Waals surface area contributed by atoms with Gasteiger partial charge in [-0.1, -0.05) is 44.9 Å². The normalized spacial score (nSPS) is 10.8. The summed E-state index contributed by atoms with van der Waals surface area (Å²) in [5.74, 6) is -0.225. The third-order valence-corrected chi connectivity index (χ3v) is 3.31. The molecule has 0 spiro atoms. The molecule has 3 heteroatoms. The second-order valence-electron chi connectivity index (χ2n) is 5.05. The summed E-state index contributed by atoms with van der Waals surface area (Å²) in [6.45, 7) is 7.90. The zero-order valence-electron chi connectivity index (χ0n) is 12.8. The van der Waals surface area contributed by atoms with Crippen molar-refractivity contribution in [3.05, 3.63) is 35.9 Å². The highest BCUT2D eigenvalue weighted by atomic mass is 16.5. The summed E-state index contributed by atoms with van der Waals surface area (Å²) in [6.07, 6.45) is 4.81. The molecule has 0 saturated carbocycles. The van der Waals surface area contributed by atoms with E-state index in [-0.39, 0.29) is 5.97 Å². The van der Waals surface area contributed by atoms with E-state index in [1.807, 2.05) is 18.2 Å². The molecular weight excluding hydrogens is 250 g/mol. The molecule has 112 valence electrons. The van der Waals surface area contributed by atoms with E-state index in [1.54, 1.807) is 12.1 Å². The number of benzene rings is 1. The summed E-state index contributed by atoms with van der Waals surface area (Å²) < 4.78 is 5.34. The van der Waals surface area contributed by atoms with Gasteiger partial charge in [-0.15, -0.1) is 0 Å². The maximum absolute atomic E-state index is 11.8. The van der Waals surface area contributed by atoms with Crippen molar-refractivity contribution in [2.45, 2.75) is 39.5 Å². The molecule has 1 rings (SSSR count). The molecule has 0 N–H and O–H groups in total. The smallest absolute Gasteiger partial charge is 0.338 e. The van der Waals surface area contributed by atoms with Crippen molar-refractivity contribution in [3.8, 4) is 0 Å². The van der Waals surface area contributed by atoms with Crippen molar-refractivity contribution in [1.29, 1.82) is 0 Å². The van der Waals surface area contributed by atoms with Gasteiger partial charge >= 0.3 is 5.97 Å². The Morgan fingerprint density at radius 3 is 2.15 bits per heavy atom. The van der Waals surface area contributed by atoms with E-state index in [0.717, 1.165) is 19.6 Å². The van der Waals surface area contributed by atoms with Gasteiger partial charge in [-0.3, -0.25) is 4.90 Å². The van der Waals surface area contributed by atoms with Crippen LogP contribution in [-0.4, -0.2) is 37.1 Å². The molecule has 0 saturated heterocycles. The number of hydrogen-bond donors (Lipinski definition) is 0.